The molecule has 0 unspecified atom stereocenters. The zero-order valence-corrected chi connectivity index (χ0v) is 11.7. The van der Waals surface area contributed by atoms with Crippen molar-refractivity contribution in [2.24, 2.45) is 0 Å². The Hall–Kier alpha value is -1.25. The first-order chi connectivity index (χ1) is 9.21. The number of halogens is 1. The Morgan fingerprint density at radius 2 is 2.21 bits per heavy atom. The molecule has 1 aliphatic heterocycles. The van der Waals surface area contributed by atoms with E-state index < -0.39 is 5.82 Å². The van der Waals surface area contributed by atoms with Gasteiger partial charge in [-0.15, -0.1) is 0 Å². The van der Waals surface area contributed by atoms with E-state index in [2.05, 4.69) is 11.6 Å². The van der Waals surface area contributed by atoms with Crippen molar-refractivity contribution in [2.45, 2.75) is 17.6 Å². The molecule has 19 heavy (non-hydrogen) atoms. The fraction of sp³-hybridized carbons (Fsp3) is 0.500. The van der Waals surface area contributed by atoms with Crippen LogP contribution in [0.1, 0.15) is 18.4 Å². The third-order valence-electron chi connectivity index (χ3n) is 3.56. The van der Waals surface area contributed by atoms with Crippen LogP contribution in [-0.4, -0.2) is 30.8 Å². The van der Waals surface area contributed by atoms with Crippen LogP contribution in [-0.2, 0) is 4.74 Å². The second-order valence-corrected chi connectivity index (χ2v) is 5.90. The third kappa shape index (κ3) is 3.20. The van der Waals surface area contributed by atoms with Crippen LogP contribution in [0.5, 0.6) is 0 Å². The van der Waals surface area contributed by atoms with Gasteiger partial charge < -0.3 is 10.1 Å². The molecule has 1 saturated heterocycles. The predicted octanol–water partition coefficient (Wildman–Crippen LogP) is 3.02. The van der Waals surface area contributed by atoms with Crippen molar-refractivity contribution in [3.63, 3.8) is 0 Å². The molecule has 102 valence electrons. The van der Waals surface area contributed by atoms with E-state index in [0.717, 1.165) is 32.6 Å². The highest BCUT2D eigenvalue weighted by molar-refractivity contribution is 8.00. The van der Waals surface area contributed by atoms with Crippen LogP contribution in [0.15, 0.2) is 18.2 Å². The first kappa shape index (κ1) is 14.2. The Labute approximate surface area is 117 Å². The van der Waals surface area contributed by atoms with Gasteiger partial charge in [-0.25, -0.2) is 4.39 Å². The van der Waals surface area contributed by atoms with Crippen LogP contribution in [0.25, 0.3) is 0 Å². The Morgan fingerprint density at radius 3 is 2.84 bits per heavy atom. The van der Waals surface area contributed by atoms with Crippen molar-refractivity contribution >= 4 is 17.4 Å². The Morgan fingerprint density at radius 1 is 1.47 bits per heavy atom. The summed E-state index contributed by atoms with van der Waals surface area (Å²) < 4.78 is 19.0. The smallest absolute Gasteiger partial charge is 0.143 e. The topological polar surface area (TPSA) is 45.0 Å². The molecule has 0 radical (unpaired) electrons. The molecule has 0 aliphatic carbocycles. The summed E-state index contributed by atoms with van der Waals surface area (Å²) in [6, 6.07) is 6.59. The zero-order valence-electron chi connectivity index (χ0n) is 10.9. The molecule has 5 heteroatoms. The molecule has 0 saturated carbocycles. The predicted molar refractivity (Wildman–Crippen MR) is 75.9 cm³/mol. The lowest BCUT2D eigenvalue weighted by Crippen LogP contribution is -2.39. The van der Waals surface area contributed by atoms with Crippen LogP contribution in [0.4, 0.5) is 10.1 Å². The van der Waals surface area contributed by atoms with Crippen LogP contribution < -0.4 is 5.32 Å². The number of ether oxygens (including phenoxy) is 1. The summed E-state index contributed by atoms with van der Waals surface area (Å²) in [5, 5.41) is 12.2. The molecule has 0 amide bonds. The quantitative estimate of drug-likeness (QED) is 0.921. The number of benzene rings is 1. The number of thioether (sulfide) groups is 1. The van der Waals surface area contributed by atoms with Gasteiger partial charge in [0.15, 0.2) is 0 Å². The molecule has 0 aromatic heterocycles. The van der Waals surface area contributed by atoms with Gasteiger partial charge in [0.2, 0.25) is 0 Å². The summed E-state index contributed by atoms with van der Waals surface area (Å²) >= 11 is 1.81. The van der Waals surface area contributed by atoms with E-state index in [1.165, 1.54) is 6.07 Å². The number of nitrogens with one attached hydrogen (secondary N) is 1. The number of nitrogens with zero attached hydrogens (tertiary/aromatic N) is 1. The number of hydrogen-bond donors (Lipinski definition) is 1. The normalized spacial score (nSPS) is 17.7. The van der Waals surface area contributed by atoms with Crippen LogP contribution in [0.2, 0.25) is 0 Å². The van der Waals surface area contributed by atoms with Gasteiger partial charge in [-0.1, -0.05) is 6.07 Å². The molecule has 0 spiro atoms. The molecular formula is C14H17FN2OS. The van der Waals surface area contributed by atoms with E-state index in [4.69, 9.17) is 10.00 Å². The molecule has 0 atom stereocenters. The average molecular weight is 280 g/mol. The molecule has 1 fully saturated rings. The molecule has 1 aliphatic rings. The maximum Gasteiger partial charge on any atom is 0.143 e. The number of rotatable bonds is 4. The summed E-state index contributed by atoms with van der Waals surface area (Å²) in [4.78, 5) is 0. The molecule has 3 nitrogen and oxygen atoms in total. The molecule has 1 heterocycles. The van der Waals surface area contributed by atoms with Crippen molar-refractivity contribution in [1.82, 2.24) is 0 Å². The summed E-state index contributed by atoms with van der Waals surface area (Å²) in [6.45, 7) is 2.24. The largest absolute Gasteiger partial charge is 0.382 e. The maximum absolute atomic E-state index is 13.5. The van der Waals surface area contributed by atoms with Crippen LogP contribution >= 0.6 is 11.8 Å². The van der Waals surface area contributed by atoms with E-state index in [-0.39, 0.29) is 10.3 Å². The van der Waals surface area contributed by atoms with Gasteiger partial charge in [0.05, 0.1) is 5.69 Å². The van der Waals surface area contributed by atoms with Gasteiger partial charge in [-0.05, 0) is 31.2 Å². The van der Waals surface area contributed by atoms with E-state index in [0.29, 0.717) is 5.69 Å². The van der Waals surface area contributed by atoms with Gasteiger partial charge in [-0.2, -0.15) is 17.0 Å². The minimum absolute atomic E-state index is 0.0887. The monoisotopic (exact) mass is 280 g/mol. The number of anilines is 1. The first-order valence-corrected chi connectivity index (χ1v) is 7.49. The number of nitriles is 1. The lowest BCUT2D eigenvalue weighted by atomic mass is 9.98. The highest BCUT2D eigenvalue weighted by Gasteiger charge is 2.31. The zero-order chi connectivity index (χ0) is 13.7. The van der Waals surface area contributed by atoms with E-state index in [1.54, 1.807) is 12.1 Å². The molecule has 1 aromatic rings. The lowest BCUT2D eigenvalue weighted by molar-refractivity contribution is 0.0802. The van der Waals surface area contributed by atoms with Gasteiger partial charge in [0, 0.05) is 24.5 Å². The maximum atomic E-state index is 13.5. The van der Waals surface area contributed by atoms with E-state index >= 15 is 0 Å². The standard InChI is InChI=1S/C14H17FN2OS/c1-19-14(5-7-18-8-6-14)10-17-13-4-2-3-12(15)11(13)9-16/h2-4,17H,5-8,10H2,1H3. The van der Waals surface area contributed by atoms with Crippen molar-refractivity contribution in [3.8, 4) is 6.07 Å². The Bertz CT molecular complexity index is 481. The Balaban J connectivity index is 2.10. The second kappa shape index (κ2) is 6.27. The SMILES string of the molecule is CSC1(CNc2cccc(F)c2C#N)CCOCC1. The molecule has 1 aromatic carbocycles. The van der Waals surface area contributed by atoms with Crippen molar-refractivity contribution in [1.29, 1.82) is 5.26 Å². The minimum Gasteiger partial charge on any atom is -0.382 e. The van der Waals surface area contributed by atoms with Gasteiger partial charge in [-0.3, -0.25) is 0 Å². The van der Waals surface area contributed by atoms with Crippen LogP contribution in [0, 0.1) is 17.1 Å². The Kier molecular flexibility index (Phi) is 4.67. The highest BCUT2D eigenvalue weighted by Crippen LogP contribution is 2.34. The molecular weight excluding hydrogens is 263 g/mol. The molecule has 0 bridgehead atoms. The lowest BCUT2D eigenvalue weighted by Gasteiger charge is -2.36. The number of hydrogen-bond acceptors (Lipinski definition) is 4. The van der Waals surface area contributed by atoms with Crippen molar-refractivity contribution < 1.29 is 9.13 Å². The third-order valence-corrected chi connectivity index (χ3v) is 4.98. The summed E-state index contributed by atoms with van der Waals surface area (Å²) in [7, 11) is 0. The summed E-state index contributed by atoms with van der Waals surface area (Å²) in [5.74, 6) is -0.474. The van der Waals surface area contributed by atoms with Gasteiger partial charge in [0.1, 0.15) is 17.4 Å². The van der Waals surface area contributed by atoms with E-state index in [9.17, 15) is 4.39 Å². The summed E-state index contributed by atoms with van der Waals surface area (Å²) in [6.07, 6.45) is 4.03. The average Bonchev–Trinajstić information content (AvgIpc) is 2.46. The van der Waals surface area contributed by atoms with Crippen molar-refractivity contribution in [2.75, 3.05) is 31.3 Å². The van der Waals surface area contributed by atoms with Gasteiger partial charge in [0.25, 0.3) is 0 Å². The first-order valence-electron chi connectivity index (χ1n) is 6.26. The fourth-order valence-electron chi connectivity index (χ4n) is 2.24. The highest BCUT2D eigenvalue weighted by atomic mass is 32.2. The van der Waals surface area contributed by atoms with Gasteiger partial charge >= 0.3 is 0 Å². The minimum atomic E-state index is -0.474. The van der Waals surface area contributed by atoms with Crippen molar-refractivity contribution in [3.05, 3.63) is 29.6 Å². The van der Waals surface area contributed by atoms with E-state index in [1.807, 2.05) is 17.8 Å². The fourth-order valence-corrected chi connectivity index (χ4v) is 3.03. The molecule has 2 rings (SSSR count). The molecule has 1 N–H and O–H groups in total. The summed E-state index contributed by atoms with van der Waals surface area (Å²) in [5.41, 5.74) is 0.660. The second-order valence-electron chi connectivity index (χ2n) is 4.63. The van der Waals surface area contributed by atoms with Crippen LogP contribution in [0.3, 0.4) is 0 Å².